The lowest BCUT2D eigenvalue weighted by Crippen LogP contribution is -2.19. The van der Waals surface area contributed by atoms with Crippen LogP contribution in [0.2, 0.25) is 0 Å². The van der Waals surface area contributed by atoms with Crippen molar-refractivity contribution in [3.63, 3.8) is 0 Å². The molecular weight excluding hydrogens is 232 g/mol. The minimum atomic E-state index is -0.870. The minimum Gasteiger partial charge on any atom is -0.389 e. The molecule has 86 valence electrons. The second-order valence-corrected chi connectivity index (χ2v) is 4.84. The molecule has 0 radical (unpaired) electrons. The van der Waals surface area contributed by atoms with Gasteiger partial charge in [0, 0.05) is 4.88 Å². The fourth-order valence-electron chi connectivity index (χ4n) is 1.44. The summed E-state index contributed by atoms with van der Waals surface area (Å²) < 4.78 is 0. The molecule has 2 unspecified atom stereocenters. The molecule has 0 bridgehead atoms. The molecule has 0 fully saturated rings. The van der Waals surface area contributed by atoms with E-state index in [2.05, 4.69) is 6.92 Å². The highest BCUT2D eigenvalue weighted by molar-refractivity contribution is 7.10. The van der Waals surface area contributed by atoms with Crippen LogP contribution in [0.25, 0.3) is 0 Å². The van der Waals surface area contributed by atoms with Gasteiger partial charge in [-0.25, -0.2) is 0 Å². The molecular formula is C11H17ClO2S. The SMILES string of the molecule is CCCCc1ccsc1C(O)C(O)CCl. The summed E-state index contributed by atoms with van der Waals surface area (Å²) in [7, 11) is 0. The molecule has 0 spiro atoms. The number of thiophene rings is 1. The number of halogens is 1. The summed E-state index contributed by atoms with van der Waals surface area (Å²) >= 11 is 7.00. The normalized spacial score (nSPS) is 15.2. The first-order valence-electron chi connectivity index (χ1n) is 5.19. The molecule has 4 heteroatoms. The van der Waals surface area contributed by atoms with E-state index in [9.17, 15) is 10.2 Å². The summed E-state index contributed by atoms with van der Waals surface area (Å²) in [4.78, 5) is 0.858. The van der Waals surface area contributed by atoms with Crippen molar-refractivity contribution < 1.29 is 10.2 Å². The second kappa shape index (κ2) is 6.48. The predicted molar refractivity (Wildman–Crippen MR) is 64.6 cm³/mol. The van der Waals surface area contributed by atoms with Crippen LogP contribution in [-0.2, 0) is 6.42 Å². The van der Waals surface area contributed by atoms with Gasteiger partial charge in [-0.15, -0.1) is 22.9 Å². The molecule has 0 saturated carbocycles. The van der Waals surface area contributed by atoms with Crippen molar-refractivity contribution in [2.75, 3.05) is 5.88 Å². The molecule has 2 nitrogen and oxygen atoms in total. The van der Waals surface area contributed by atoms with E-state index in [-0.39, 0.29) is 5.88 Å². The van der Waals surface area contributed by atoms with Crippen LogP contribution in [0.1, 0.15) is 36.3 Å². The minimum absolute atomic E-state index is 0.0618. The first kappa shape index (κ1) is 13.0. The second-order valence-electron chi connectivity index (χ2n) is 3.58. The third kappa shape index (κ3) is 3.45. The quantitative estimate of drug-likeness (QED) is 0.760. The van der Waals surface area contributed by atoms with Gasteiger partial charge >= 0.3 is 0 Å². The summed E-state index contributed by atoms with van der Waals surface area (Å²) in [5.41, 5.74) is 1.14. The first-order valence-corrected chi connectivity index (χ1v) is 6.60. The molecule has 1 rings (SSSR count). The van der Waals surface area contributed by atoms with Gasteiger partial charge in [-0.2, -0.15) is 0 Å². The van der Waals surface area contributed by atoms with Gasteiger partial charge in [0.1, 0.15) is 6.10 Å². The van der Waals surface area contributed by atoms with Crippen LogP contribution < -0.4 is 0 Å². The Labute approximate surface area is 99.5 Å². The summed E-state index contributed by atoms with van der Waals surface area (Å²) in [5, 5.41) is 21.3. The van der Waals surface area contributed by atoms with Crippen molar-refractivity contribution in [2.45, 2.75) is 38.4 Å². The number of hydrogen-bond donors (Lipinski definition) is 2. The van der Waals surface area contributed by atoms with Crippen molar-refractivity contribution in [3.05, 3.63) is 21.9 Å². The number of aliphatic hydroxyl groups is 2. The van der Waals surface area contributed by atoms with Crippen molar-refractivity contribution in [1.82, 2.24) is 0 Å². The topological polar surface area (TPSA) is 40.5 Å². The number of alkyl halides is 1. The van der Waals surface area contributed by atoms with Gasteiger partial charge in [0.2, 0.25) is 0 Å². The van der Waals surface area contributed by atoms with Crippen LogP contribution in [0.4, 0.5) is 0 Å². The van der Waals surface area contributed by atoms with Gasteiger partial charge in [0.05, 0.1) is 12.0 Å². The largest absolute Gasteiger partial charge is 0.389 e. The molecule has 0 aliphatic carbocycles. The smallest absolute Gasteiger partial charge is 0.115 e. The standard InChI is InChI=1S/C11H17ClO2S/c1-2-3-4-8-5-6-15-11(8)10(14)9(13)7-12/h5-6,9-10,13-14H,2-4,7H2,1H3. The summed E-state index contributed by atoms with van der Waals surface area (Å²) in [6.07, 6.45) is 1.48. The van der Waals surface area contributed by atoms with E-state index in [4.69, 9.17) is 11.6 Å². The number of hydrogen-bond acceptors (Lipinski definition) is 3. The molecule has 0 aliphatic rings. The molecule has 1 aromatic rings. The Balaban J connectivity index is 2.70. The zero-order valence-electron chi connectivity index (χ0n) is 8.82. The molecule has 0 saturated heterocycles. The van der Waals surface area contributed by atoms with Crippen molar-refractivity contribution in [1.29, 1.82) is 0 Å². The van der Waals surface area contributed by atoms with Crippen LogP contribution in [0.3, 0.4) is 0 Å². The van der Waals surface area contributed by atoms with Crippen molar-refractivity contribution >= 4 is 22.9 Å². The highest BCUT2D eigenvalue weighted by Gasteiger charge is 2.21. The molecule has 1 heterocycles. The van der Waals surface area contributed by atoms with Crippen LogP contribution in [0.15, 0.2) is 11.4 Å². The van der Waals surface area contributed by atoms with E-state index in [1.165, 1.54) is 11.3 Å². The van der Waals surface area contributed by atoms with E-state index in [0.29, 0.717) is 0 Å². The Morgan fingerprint density at radius 3 is 2.80 bits per heavy atom. The Hall–Kier alpha value is -0.0900. The highest BCUT2D eigenvalue weighted by Crippen LogP contribution is 2.28. The highest BCUT2D eigenvalue weighted by atomic mass is 35.5. The molecule has 2 N–H and O–H groups in total. The van der Waals surface area contributed by atoms with E-state index in [0.717, 1.165) is 29.7 Å². The van der Waals surface area contributed by atoms with Gasteiger partial charge in [-0.1, -0.05) is 13.3 Å². The van der Waals surface area contributed by atoms with Crippen LogP contribution >= 0.6 is 22.9 Å². The average molecular weight is 249 g/mol. The van der Waals surface area contributed by atoms with E-state index >= 15 is 0 Å². The van der Waals surface area contributed by atoms with Gasteiger partial charge in [0.15, 0.2) is 0 Å². The maximum Gasteiger partial charge on any atom is 0.115 e. The predicted octanol–water partition coefficient (Wildman–Crippen LogP) is 2.72. The molecule has 0 aromatic carbocycles. The molecule has 0 aliphatic heterocycles. The zero-order valence-corrected chi connectivity index (χ0v) is 10.4. The fourth-order valence-corrected chi connectivity index (χ4v) is 2.61. The Kier molecular flexibility index (Phi) is 5.61. The summed E-state index contributed by atoms with van der Waals surface area (Å²) in [6, 6.07) is 2.01. The van der Waals surface area contributed by atoms with Crippen LogP contribution in [-0.4, -0.2) is 22.2 Å². The maximum absolute atomic E-state index is 9.83. The van der Waals surface area contributed by atoms with Gasteiger partial charge in [0.25, 0.3) is 0 Å². The van der Waals surface area contributed by atoms with Gasteiger partial charge < -0.3 is 10.2 Å². The van der Waals surface area contributed by atoms with Crippen molar-refractivity contribution in [3.8, 4) is 0 Å². The summed E-state index contributed by atoms with van der Waals surface area (Å²) in [6.45, 7) is 2.14. The fraction of sp³-hybridized carbons (Fsp3) is 0.636. The third-order valence-corrected chi connectivity index (χ3v) is 3.72. The van der Waals surface area contributed by atoms with Crippen LogP contribution in [0, 0.1) is 0 Å². The molecule has 2 atom stereocenters. The average Bonchev–Trinajstić information content (AvgIpc) is 2.72. The number of aryl methyl sites for hydroxylation is 1. The maximum atomic E-state index is 9.83. The van der Waals surface area contributed by atoms with Gasteiger partial charge in [-0.3, -0.25) is 0 Å². The van der Waals surface area contributed by atoms with Crippen molar-refractivity contribution in [2.24, 2.45) is 0 Å². The number of unbranched alkanes of at least 4 members (excludes halogenated alkanes) is 1. The molecule has 15 heavy (non-hydrogen) atoms. The number of rotatable bonds is 6. The monoisotopic (exact) mass is 248 g/mol. The zero-order chi connectivity index (χ0) is 11.3. The summed E-state index contributed by atoms with van der Waals surface area (Å²) in [5.74, 6) is 0.0618. The molecule has 0 amide bonds. The lowest BCUT2D eigenvalue weighted by Gasteiger charge is -2.15. The van der Waals surface area contributed by atoms with Crippen LogP contribution in [0.5, 0.6) is 0 Å². The number of aliphatic hydroxyl groups excluding tert-OH is 2. The molecule has 1 aromatic heterocycles. The lowest BCUT2D eigenvalue weighted by atomic mass is 10.1. The van der Waals surface area contributed by atoms with Gasteiger partial charge in [-0.05, 0) is 29.9 Å². The Bertz CT molecular complexity index is 288. The first-order chi connectivity index (χ1) is 7.20. The third-order valence-electron chi connectivity index (χ3n) is 2.37. The Morgan fingerprint density at radius 2 is 2.20 bits per heavy atom. The Morgan fingerprint density at radius 1 is 1.47 bits per heavy atom. The van der Waals surface area contributed by atoms with E-state index in [1.807, 2.05) is 11.4 Å². The lowest BCUT2D eigenvalue weighted by molar-refractivity contribution is 0.0345. The van der Waals surface area contributed by atoms with E-state index < -0.39 is 12.2 Å². The van der Waals surface area contributed by atoms with E-state index in [1.54, 1.807) is 0 Å².